The molecule has 0 aromatic heterocycles. The number of ether oxygens (including phenoxy) is 1. The molecular weight excluding hydrogens is 266 g/mol. The molecule has 2 N–H and O–H groups in total. The molecule has 0 radical (unpaired) electrons. The lowest BCUT2D eigenvalue weighted by Gasteiger charge is -2.06. The van der Waals surface area contributed by atoms with E-state index in [4.69, 9.17) is 22.7 Å². The minimum absolute atomic E-state index is 0.427. The van der Waals surface area contributed by atoms with Gasteiger partial charge in [0, 0.05) is 12.2 Å². The number of benzene rings is 2. The van der Waals surface area contributed by atoms with Crippen LogP contribution in [-0.2, 0) is 17.8 Å². The van der Waals surface area contributed by atoms with Crippen LogP contribution in [-0.4, -0.2) is 11.6 Å². The fourth-order valence-corrected chi connectivity index (χ4v) is 2.15. The molecule has 2 rings (SSSR count). The Labute approximate surface area is 125 Å². The highest BCUT2D eigenvalue weighted by Gasteiger charge is 1.99. The van der Waals surface area contributed by atoms with Gasteiger partial charge in [0.15, 0.2) is 0 Å². The first-order chi connectivity index (χ1) is 9.75. The highest BCUT2D eigenvalue weighted by molar-refractivity contribution is 7.80. The quantitative estimate of drug-likeness (QED) is 0.625. The van der Waals surface area contributed by atoms with Gasteiger partial charge in [0.1, 0.15) is 4.99 Å². The highest BCUT2D eigenvalue weighted by Crippen LogP contribution is 2.08. The summed E-state index contributed by atoms with van der Waals surface area (Å²) in [7, 11) is 0. The van der Waals surface area contributed by atoms with Gasteiger partial charge in [-0.1, -0.05) is 60.7 Å². The van der Waals surface area contributed by atoms with E-state index in [0.29, 0.717) is 11.6 Å². The van der Waals surface area contributed by atoms with Gasteiger partial charge in [-0.2, -0.15) is 0 Å². The van der Waals surface area contributed by atoms with Gasteiger partial charge in [0.2, 0.25) is 0 Å². The first-order valence-electron chi connectivity index (χ1n) is 6.76. The first-order valence-corrected chi connectivity index (χ1v) is 7.17. The molecule has 104 valence electrons. The second kappa shape index (κ2) is 7.78. The molecule has 2 nitrogen and oxygen atoms in total. The van der Waals surface area contributed by atoms with E-state index in [1.165, 1.54) is 5.56 Å². The Balaban J connectivity index is 1.71. The zero-order valence-corrected chi connectivity index (χ0v) is 12.2. The maximum absolute atomic E-state index is 5.69. The van der Waals surface area contributed by atoms with Crippen molar-refractivity contribution in [1.29, 1.82) is 0 Å². The van der Waals surface area contributed by atoms with Crippen molar-refractivity contribution < 1.29 is 4.74 Å². The number of nitrogens with two attached hydrogens (primary N) is 1. The number of thiocarbonyl (C=S) groups is 1. The van der Waals surface area contributed by atoms with Gasteiger partial charge in [0.05, 0.1) is 6.61 Å². The monoisotopic (exact) mass is 285 g/mol. The average molecular weight is 285 g/mol. The molecule has 0 saturated heterocycles. The number of hydrogen-bond donors (Lipinski definition) is 1. The Morgan fingerprint density at radius 3 is 2.50 bits per heavy atom. The molecule has 0 aliphatic rings. The van der Waals surface area contributed by atoms with Crippen molar-refractivity contribution in [2.75, 3.05) is 6.61 Å². The molecule has 20 heavy (non-hydrogen) atoms. The minimum atomic E-state index is 0.427. The summed E-state index contributed by atoms with van der Waals surface area (Å²) in [6.45, 7) is 1.36. The minimum Gasteiger partial charge on any atom is -0.389 e. The maximum atomic E-state index is 5.69. The molecule has 2 aromatic carbocycles. The third-order valence-electron chi connectivity index (χ3n) is 3.08. The first kappa shape index (κ1) is 14.7. The van der Waals surface area contributed by atoms with Crippen LogP contribution in [0.25, 0.3) is 0 Å². The summed E-state index contributed by atoms with van der Waals surface area (Å²) in [5.74, 6) is 0. The topological polar surface area (TPSA) is 35.2 Å². The molecule has 0 fully saturated rings. The summed E-state index contributed by atoms with van der Waals surface area (Å²) in [4.78, 5) is 0.427. The molecule has 0 unspecified atom stereocenters. The summed E-state index contributed by atoms with van der Waals surface area (Å²) in [5.41, 5.74) is 8.97. The molecule has 0 amide bonds. The standard InChI is InChI=1S/C17H19NOS/c18-17(20)16-10-4-8-15(12-16)13-19-11-5-9-14-6-2-1-3-7-14/h1-4,6-8,10,12H,5,9,11,13H2,(H2,18,20). The second-order valence-electron chi connectivity index (χ2n) is 4.71. The van der Waals surface area contributed by atoms with Crippen molar-refractivity contribution in [2.45, 2.75) is 19.4 Å². The van der Waals surface area contributed by atoms with Crippen LogP contribution in [0.1, 0.15) is 23.1 Å². The fourth-order valence-electron chi connectivity index (χ4n) is 2.03. The number of rotatable bonds is 7. The lowest BCUT2D eigenvalue weighted by Crippen LogP contribution is -2.09. The van der Waals surface area contributed by atoms with Crippen molar-refractivity contribution in [3.8, 4) is 0 Å². The zero-order valence-electron chi connectivity index (χ0n) is 11.4. The van der Waals surface area contributed by atoms with E-state index in [2.05, 4.69) is 24.3 Å². The van der Waals surface area contributed by atoms with Crippen molar-refractivity contribution in [3.05, 3.63) is 71.3 Å². The van der Waals surface area contributed by atoms with E-state index in [1.54, 1.807) is 0 Å². The van der Waals surface area contributed by atoms with Gasteiger partial charge in [-0.25, -0.2) is 0 Å². The van der Waals surface area contributed by atoms with Gasteiger partial charge >= 0.3 is 0 Å². The highest BCUT2D eigenvalue weighted by atomic mass is 32.1. The molecule has 0 heterocycles. The summed E-state index contributed by atoms with van der Waals surface area (Å²) in [6, 6.07) is 18.3. The zero-order chi connectivity index (χ0) is 14.2. The SMILES string of the molecule is NC(=S)c1cccc(COCCCc2ccccc2)c1. The second-order valence-corrected chi connectivity index (χ2v) is 5.15. The summed E-state index contributed by atoms with van der Waals surface area (Å²) in [6.07, 6.45) is 2.08. The van der Waals surface area contributed by atoms with E-state index in [9.17, 15) is 0 Å². The van der Waals surface area contributed by atoms with Crippen molar-refractivity contribution in [2.24, 2.45) is 5.73 Å². The van der Waals surface area contributed by atoms with E-state index in [0.717, 1.165) is 30.6 Å². The molecule has 0 atom stereocenters. The van der Waals surface area contributed by atoms with Gasteiger partial charge < -0.3 is 10.5 Å². The van der Waals surface area contributed by atoms with Crippen LogP contribution in [0.15, 0.2) is 54.6 Å². The molecule has 0 aliphatic carbocycles. The van der Waals surface area contributed by atoms with Crippen molar-refractivity contribution >= 4 is 17.2 Å². The smallest absolute Gasteiger partial charge is 0.103 e. The third-order valence-corrected chi connectivity index (χ3v) is 3.31. The van der Waals surface area contributed by atoms with Gasteiger partial charge in [0.25, 0.3) is 0 Å². The molecule has 0 spiro atoms. The van der Waals surface area contributed by atoms with Crippen molar-refractivity contribution in [3.63, 3.8) is 0 Å². The summed E-state index contributed by atoms with van der Waals surface area (Å²) < 4.78 is 5.69. The molecule has 2 aromatic rings. The van der Waals surface area contributed by atoms with Crippen LogP contribution in [0, 0.1) is 0 Å². The molecular formula is C17H19NOS. The molecule has 3 heteroatoms. The molecule has 0 aliphatic heterocycles. The van der Waals surface area contributed by atoms with E-state index in [-0.39, 0.29) is 0 Å². The third kappa shape index (κ3) is 4.76. The Kier molecular flexibility index (Phi) is 5.71. The fraction of sp³-hybridized carbons (Fsp3) is 0.235. The lowest BCUT2D eigenvalue weighted by molar-refractivity contribution is 0.118. The molecule has 0 bridgehead atoms. The van der Waals surface area contributed by atoms with E-state index < -0.39 is 0 Å². The van der Waals surface area contributed by atoms with E-state index in [1.807, 2.05) is 30.3 Å². The van der Waals surface area contributed by atoms with Crippen LogP contribution >= 0.6 is 12.2 Å². The van der Waals surface area contributed by atoms with Gasteiger partial charge in [-0.05, 0) is 30.0 Å². The van der Waals surface area contributed by atoms with Crippen LogP contribution in [0.5, 0.6) is 0 Å². The Morgan fingerprint density at radius 2 is 1.75 bits per heavy atom. The van der Waals surface area contributed by atoms with Crippen LogP contribution in [0.2, 0.25) is 0 Å². The maximum Gasteiger partial charge on any atom is 0.103 e. The lowest BCUT2D eigenvalue weighted by atomic mass is 10.1. The van der Waals surface area contributed by atoms with Crippen LogP contribution < -0.4 is 5.73 Å². The van der Waals surface area contributed by atoms with Gasteiger partial charge in [-0.15, -0.1) is 0 Å². The number of aryl methyl sites for hydroxylation is 1. The summed E-state index contributed by atoms with van der Waals surface area (Å²) in [5, 5.41) is 0. The largest absolute Gasteiger partial charge is 0.389 e. The average Bonchev–Trinajstić information content (AvgIpc) is 2.48. The van der Waals surface area contributed by atoms with Crippen LogP contribution in [0.3, 0.4) is 0 Å². The normalized spacial score (nSPS) is 10.4. The molecule has 0 saturated carbocycles. The Morgan fingerprint density at radius 1 is 1.00 bits per heavy atom. The Bertz CT molecular complexity index is 554. The number of hydrogen-bond acceptors (Lipinski definition) is 2. The van der Waals surface area contributed by atoms with Crippen LogP contribution in [0.4, 0.5) is 0 Å². The Hall–Kier alpha value is -1.71. The summed E-state index contributed by atoms with van der Waals surface area (Å²) >= 11 is 4.97. The predicted molar refractivity (Wildman–Crippen MR) is 86.7 cm³/mol. The van der Waals surface area contributed by atoms with E-state index >= 15 is 0 Å². The van der Waals surface area contributed by atoms with Gasteiger partial charge in [-0.3, -0.25) is 0 Å². The van der Waals surface area contributed by atoms with Crippen molar-refractivity contribution in [1.82, 2.24) is 0 Å². The predicted octanol–water partition coefficient (Wildman–Crippen LogP) is 3.47.